The first-order chi connectivity index (χ1) is 9.50. The Labute approximate surface area is 132 Å². The number of nitrogens with zero attached hydrogens (tertiary/aromatic N) is 1. The molecule has 0 radical (unpaired) electrons. The van der Waals surface area contributed by atoms with Crippen LogP contribution in [0.1, 0.15) is 39.2 Å². The van der Waals surface area contributed by atoms with E-state index in [-0.39, 0.29) is 5.54 Å². The lowest BCUT2D eigenvalue weighted by Crippen LogP contribution is -2.63. The lowest BCUT2D eigenvalue weighted by atomic mass is 9.87. The molecule has 0 spiro atoms. The van der Waals surface area contributed by atoms with Crippen LogP contribution in [-0.2, 0) is 6.54 Å². The summed E-state index contributed by atoms with van der Waals surface area (Å²) in [7, 11) is 0. The van der Waals surface area contributed by atoms with Gasteiger partial charge < -0.3 is 5.32 Å². The van der Waals surface area contributed by atoms with Gasteiger partial charge in [-0.25, -0.2) is 0 Å². The minimum absolute atomic E-state index is 0.232. The van der Waals surface area contributed by atoms with E-state index in [1.54, 1.807) is 0 Å². The highest BCUT2D eigenvalue weighted by molar-refractivity contribution is 6.35. The molecule has 1 aromatic rings. The highest BCUT2D eigenvalue weighted by Crippen LogP contribution is 2.31. The van der Waals surface area contributed by atoms with Gasteiger partial charge >= 0.3 is 0 Å². The number of hydrogen-bond donors (Lipinski definition) is 1. The Balaban J connectivity index is 2.23. The Morgan fingerprint density at radius 2 is 2.00 bits per heavy atom. The summed E-state index contributed by atoms with van der Waals surface area (Å²) in [5, 5.41) is 5.09. The van der Waals surface area contributed by atoms with E-state index in [1.807, 2.05) is 18.2 Å². The number of hydrogen-bond acceptors (Lipinski definition) is 2. The summed E-state index contributed by atoms with van der Waals surface area (Å²) in [6, 6.07) is 6.33. The molecule has 0 amide bonds. The lowest BCUT2D eigenvalue weighted by Gasteiger charge is -2.49. The maximum absolute atomic E-state index is 6.34. The van der Waals surface area contributed by atoms with Gasteiger partial charge in [0.2, 0.25) is 0 Å². The van der Waals surface area contributed by atoms with E-state index in [0.29, 0.717) is 11.1 Å². The van der Waals surface area contributed by atoms with Gasteiger partial charge in [-0.05, 0) is 37.5 Å². The molecule has 1 aliphatic heterocycles. The van der Waals surface area contributed by atoms with Crippen LogP contribution in [-0.4, -0.2) is 29.6 Å². The predicted molar refractivity (Wildman–Crippen MR) is 87.6 cm³/mol. The Morgan fingerprint density at radius 1 is 1.30 bits per heavy atom. The van der Waals surface area contributed by atoms with E-state index in [0.717, 1.165) is 43.1 Å². The minimum Gasteiger partial charge on any atom is -0.311 e. The van der Waals surface area contributed by atoms with E-state index in [9.17, 15) is 0 Å². The van der Waals surface area contributed by atoms with Crippen molar-refractivity contribution in [1.82, 2.24) is 10.2 Å². The number of benzene rings is 1. The standard InChI is InChI=1S/C16H24Cl2N2/c1-4-16(5-2)11-19-12(3)9-20(16)10-13-6-7-14(17)8-15(13)18/h6-8,12,19H,4-5,9-11H2,1-3H3. The van der Waals surface area contributed by atoms with Gasteiger partial charge in [0.15, 0.2) is 0 Å². The number of halogens is 2. The van der Waals surface area contributed by atoms with Crippen molar-refractivity contribution in [2.75, 3.05) is 13.1 Å². The van der Waals surface area contributed by atoms with Crippen LogP contribution in [0.3, 0.4) is 0 Å². The number of piperazine rings is 1. The first-order valence-corrected chi connectivity index (χ1v) is 8.18. The van der Waals surface area contributed by atoms with Crippen LogP contribution in [0.15, 0.2) is 18.2 Å². The quantitative estimate of drug-likeness (QED) is 0.889. The second kappa shape index (κ2) is 6.65. The van der Waals surface area contributed by atoms with Crippen molar-refractivity contribution in [3.63, 3.8) is 0 Å². The topological polar surface area (TPSA) is 15.3 Å². The zero-order valence-electron chi connectivity index (χ0n) is 12.5. The maximum atomic E-state index is 6.34. The third kappa shape index (κ3) is 3.30. The molecule has 0 saturated carbocycles. The number of nitrogens with one attached hydrogen (secondary N) is 1. The summed E-state index contributed by atoms with van der Waals surface area (Å²) in [5.74, 6) is 0. The van der Waals surface area contributed by atoms with Gasteiger partial charge in [-0.2, -0.15) is 0 Å². The molecule has 1 aliphatic rings. The molecule has 112 valence electrons. The third-order valence-corrected chi connectivity index (χ3v) is 5.22. The van der Waals surface area contributed by atoms with Crippen molar-refractivity contribution >= 4 is 23.2 Å². The minimum atomic E-state index is 0.232. The van der Waals surface area contributed by atoms with Crippen LogP contribution in [0.25, 0.3) is 0 Å². The fraction of sp³-hybridized carbons (Fsp3) is 0.625. The molecule has 2 rings (SSSR count). The predicted octanol–water partition coefficient (Wildman–Crippen LogP) is 4.35. The van der Waals surface area contributed by atoms with Gasteiger partial charge in [-0.1, -0.05) is 43.1 Å². The smallest absolute Gasteiger partial charge is 0.0465 e. The molecule has 1 N–H and O–H groups in total. The van der Waals surface area contributed by atoms with Crippen molar-refractivity contribution in [3.05, 3.63) is 33.8 Å². The van der Waals surface area contributed by atoms with Gasteiger partial charge in [-0.15, -0.1) is 0 Å². The molecule has 1 aromatic carbocycles. The fourth-order valence-electron chi connectivity index (χ4n) is 3.10. The van der Waals surface area contributed by atoms with Crippen LogP contribution >= 0.6 is 23.2 Å². The van der Waals surface area contributed by atoms with Crippen LogP contribution in [0.4, 0.5) is 0 Å². The van der Waals surface area contributed by atoms with E-state index in [2.05, 4.69) is 31.0 Å². The zero-order chi connectivity index (χ0) is 14.8. The molecule has 1 unspecified atom stereocenters. The van der Waals surface area contributed by atoms with Gasteiger partial charge in [-0.3, -0.25) is 4.90 Å². The summed E-state index contributed by atoms with van der Waals surface area (Å²) in [4.78, 5) is 2.59. The van der Waals surface area contributed by atoms with E-state index in [4.69, 9.17) is 23.2 Å². The Bertz CT molecular complexity index is 458. The molecule has 0 aliphatic carbocycles. The zero-order valence-corrected chi connectivity index (χ0v) is 14.1. The molecule has 1 atom stereocenters. The molecule has 2 nitrogen and oxygen atoms in total. The molecule has 1 saturated heterocycles. The van der Waals surface area contributed by atoms with E-state index >= 15 is 0 Å². The first-order valence-electron chi connectivity index (χ1n) is 7.43. The summed E-state index contributed by atoms with van der Waals surface area (Å²) in [6.07, 6.45) is 2.29. The summed E-state index contributed by atoms with van der Waals surface area (Å²) >= 11 is 12.3. The Morgan fingerprint density at radius 3 is 2.60 bits per heavy atom. The monoisotopic (exact) mass is 314 g/mol. The van der Waals surface area contributed by atoms with Crippen LogP contribution < -0.4 is 5.32 Å². The van der Waals surface area contributed by atoms with Gasteiger partial charge in [0.25, 0.3) is 0 Å². The highest BCUT2D eigenvalue weighted by atomic mass is 35.5. The highest BCUT2D eigenvalue weighted by Gasteiger charge is 2.37. The molecule has 0 aromatic heterocycles. The van der Waals surface area contributed by atoms with E-state index in [1.165, 1.54) is 0 Å². The van der Waals surface area contributed by atoms with Crippen molar-refractivity contribution in [3.8, 4) is 0 Å². The molecule has 0 bridgehead atoms. The van der Waals surface area contributed by atoms with Gasteiger partial charge in [0, 0.05) is 41.3 Å². The second-order valence-corrected chi connectivity index (χ2v) is 6.67. The van der Waals surface area contributed by atoms with Gasteiger partial charge in [0.05, 0.1) is 0 Å². The molecular formula is C16H24Cl2N2. The first kappa shape index (κ1) is 16.1. The fourth-order valence-corrected chi connectivity index (χ4v) is 3.57. The molecule has 4 heteroatoms. The summed E-state index contributed by atoms with van der Waals surface area (Å²) in [5.41, 5.74) is 1.39. The second-order valence-electron chi connectivity index (χ2n) is 5.83. The largest absolute Gasteiger partial charge is 0.311 e. The molecule has 1 heterocycles. The van der Waals surface area contributed by atoms with Crippen LogP contribution in [0.5, 0.6) is 0 Å². The van der Waals surface area contributed by atoms with Crippen LogP contribution in [0.2, 0.25) is 10.0 Å². The van der Waals surface area contributed by atoms with Crippen molar-refractivity contribution in [2.24, 2.45) is 0 Å². The van der Waals surface area contributed by atoms with Gasteiger partial charge in [0.1, 0.15) is 0 Å². The number of rotatable bonds is 4. The normalized spacial score (nSPS) is 22.9. The maximum Gasteiger partial charge on any atom is 0.0465 e. The summed E-state index contributed by atoms with van der Waals surface area (Å²) in [6.45, 7) is 9.79. The average Bonchev–Trinajstić information content (AvgIpc) is 2.43. The van der Waals surface area contributed by atoms with Crippen molar-refractivity contribution in [2.45, 2.75) is 51.7 Å². The third-order valence-electron chi connectivity index (χ3n) is 4.64. The van der Waals surface area contributed by atoms with E-state index < -0.39 is 0 Å². The van der Waals surface area contributed by atoms with Crippen molar-refractivity contribution < 1.29 is 0 Å². The summed E-state index contributed by atoms with van der Waals surface area (Å²) < 4.78 is 0. The Hall–Kier alpha value is -0.280. The van der Waals surface area contributed by atoms with Crippen LogP contribution in [0, 0.1) is 0 Å². The molecule has 1 fully saturated rings. The average molecular weight is 315 g/mol. The Kier molecular flexibility index (Phi) is 5.36. The molecule has 20 heavy (non-hydrogen) atoms. The van der Waals surface area contributed by atoms with Crippen molar-refractivity contribution in [1.29, 1.82) is 0 Å². The SMILES string of the molecule is CCC1(CC)CNC(C)CN1Cc1ccc(Cl)cc1Cl. The lowest BCUT2D eigenvalue weighted by molar-refractivity contribution is 0.0279. The molecular weight excluding hydrogens is 291 g/mol.